The Morgan fingerprint density at radius 2 is 2.22 bits per heavy atom. The van der Waals surface area contributed by atoms with Crippen LogP contribution in [0.15, 0.2) is 24.5 Å². The molecule has 0 aliphatic carbocycles. The first-order chi connectivity index (χ1) is 11.0. The zero-order chi connectivity index (χ0) is 17.0. The van der Waals surface area contributed by atoms with Crippen LogP contribution in [-0.2, 0) is 16.6 Å². The van der Waals surface area contributed by atoms with Gasteiger partial charge in [0, 0.05) is 19.4 Å². The van der Waals surface area contributed by atoms with Gasteiger partial charge in [-0.1, -0.05) is 11.6 Å². The standard InChI is InChI=1S/C16H17ClN2O4/c1-4-23-16(21)11(15-18-5-6-19(15)2)7-10-8-12(17)14(20)13(9-10)22-3/h5-9,20H,4H2,1-3H3/b11-7-. The van der Waals surface area contributed by atoms with Crippen LogP contribution in [0.2, 0.25) is 5.02 Å². The van der Waals surface area contributed by atoms with E-state index in [0.29, 0.717) is 11.4 Å². The number of ether oxygens (including phenoxy) is 2. The lowest BCUT2D eigenvalue weighted by molar-refractivity contribution is -0.136. The predicted octanol–water partition coefficient (Wildman–Crippen LogP) is 2.89. The number of aryl methyl sites for hydroxylation is 1. The van der Waals surface area contributed by atoms with Gasteiger partial charge in [0.25, 0.3) is 0 Å². The van der Waals surface area contributed by atoms with E-state index in [0.717, 1.165) is 0 Å². The fourth-order valence-electron chi connectivity index (χ4n) is 2.05. The minimum absolute atomic E-state index is 0.124. The molecular weight excluding hydrogens is 320 g/mol. The van der Waals surface area contributed by atoms with Crippen LogP contribution in [0.1, 0.15) is 18.3 Å². The second-order valence-corrected chi connectivity index (χ2v) is 5.10. The molecular formula is C16H17ClN2O4. The summed E-state index contributed by atoms with van der Waals surface area (Å²) >= 11 is 5.98. The lowest BCUT2D eigenvalue weighted by Gasteiger charge is -2.09. The van der Waals surface area contributed by atoms with E-state index < -0.39 is 5.97 Å². The molecule has 1 aromatic carbocycles. The van der Waals surface area contributed by atoms with Crippen molar-refractivity contribution in [2.45, 2.75) is 6.92 Å². The molecule has 1 N–H and O–H groups in total. The lowest BCUT2D eigenvalue weighted by Crippen LogP contribution is -2.10. The van der Waals surface area contributed by atoms with Crippen LogP contribution in [-0.4, -0.2) is 34.3 Å². The lowest BCUT2D eigenvalue weighted by atomic mass is 10.1. The van der Waals surface area contributed by atoms with Gasteiger partial charge in [0.15, 0.2) is 11.5 Å². The number of rotatable bonds is 5. The second kappa shape index (κ2) is 7.19. The summed E-state index contributed by atoms with van der Waals surface area (Å²) < 4.78 is 11.9. The Kier molecular flexibility index (Phi) is 5.28. The highest BCUT2D eigenvalue weighted by atomic mass is 35.5. The summed E-state index contributed by atoms with van der Waals surface area (Å²) in [6.45, 7) is 1.98. The molecule has 0 fully saturated rings. The number of hydrogen-bond donors (Lipinski definition) is 1. The third-order valence-electron chi connectivity index (χ3n) is 3.14. The highest BCUT2D eigenvalue weighted by molar-refractivity contribution is 6.32. The monoisotopic (exact) mass is 336 g/mol. The number of esters is 1. The summed E-state index contributed by atoms with van der Waals surface area (Å²) in [6, 6.07) is 3.10. The molecule has 2 rings (SSSR count). The number of aromatic hydroxyl groups is 1. The van der Waals surface area contributed by atoms with Crippen LogP contribution in [0.3, 0.4) is 0 Å². The summed E-state index contributed by atoms with van der Waals surface area (Å²) in [5.74, 6) is 0.0318. The molecule has 0 radical (unpaired) electrons. The van der Waals surface area contributed by atoms with E-state index in [1.807, 2.05) is 0 Å². The Balaban J connectivity index is 2.55. The molecule has 0 unspecified atom stereocenters. The second-order valence-electron chi connectivity index (χ2n) is 4.69. The maximum Gasteiger partial charge on any atom is 0.341 e. The SMILES string of the molecule is CCOC(=O)/C(=C\c1cc(Cl)c(O)c(OC)c1)c1nccn1C. The molecule has 0 bridgehead atoms. The molecule has 0 atom stereocenters. The summed E-state index contributed by atoms with van der Waals surface area (Å²) in [5, 5.41) is 9.92. The van der Waals surface area contributed by atoms with Crippen LogP contribution in [0, 0.1) is 0 Å². The molecule has 0 aliphatic rings. The predicted molar refractivity (Wildman–Crippen MR) is 87.4 cm³/mol. The highest BCUT2D eigenvalue weighted by Gasteiger charge is 2.18. The first-order valence-corrected chi connectivity index (χ1v) is 7.28. The largest absolute Gasteiger partial charge is 0.503 e. The van der Waals surface area contributed by atoms with Crippen molar-refractivity contribution >= 4 is 29.2 Å². The number of hydrogen-bond acceptors (Lipinski definition) is 5. The van der Waals surface area contributed by atoms with E-state index in [1.54, 1.807) is 43.1 Å². The van der Waals surface area contributed by atoms with Crippen LogP contribution in [0.4, 0.5) is 0 Å². The topological polar surface area (TPSA) is 73.6 Å². The average molecular weight is 337 g/mol. The number of phenolic OH excluding ortho intramolecular Hbond substituents is 1. The summed E-state index contributed by atoms with van der Waals surface area (Å²) in [6.07, 6.45) is 4.91. The number of halogens is 1. The Morgan fingerprint density at radius 1 is 1.48 bits per heavy atom. The Hall–Kier alpha value is -2.47. The molecule has 23 heavy (non-hydrogen) atoms. The molecule has 0 spiro atoms. The van der Waals surface area contributed by atoms with Crippen molar-refractivity contribution in [3.63, 3.8) is 0 Å². The number of imidazole rings is 1. The van der Waals surface area contributed by atoms with Crippen molar-refractivity contribution in [1.29, 1.82) is 0 Å². The highest BCUT2D eigenvalue weighted by Crippen LogP contribution is 2.36. The number of benzene rings is 1. The number of phenols is 1. The van der Waals surface area contributed by atoms with Crippen LogP contribution < -0.4 is 4.74 Å². The van der Waals surface area contributed by atoms with Crippen molar-refractivity contribution in [1.82, 2.24) is 9.55 Å². The molecule has 7 heteroatoms. The smallest absolute Gasteiger partial charge is 0.341 e. The number of nitrogens with zero attached hydrogens (tertiary/aromatic N) is 2. The van der Waals surface area contributed by atoms with E-state index in [9.17, 15) is 9.90 Å². The summed E-state index contributed by atoms with van der Waals surface area (Å²) in [7, 11) is 3.20. The minimum atomic E-state index is -0.495. The fraction of sp³-hybridized carbons (Fsp3) is 0.250. The molecule has 1 heterocycles. The van der Waals surface area contributed by atoms with Gasteiger partial charge >= 0.3 is 5.97 Å². The van der Waals surface area contributed by atoms with E-state index in [2.05, 4.69) is 4.98 Å². The van der Waals surface area contributed by atoms with Crippen LogP contribution >= 0.6 is 11.6 Å². The van der Waals surface area contributed by atoms with Gasteiger partial charge in [0.05, 0.1) is 18.7 Å². The van der Waals surface area contributed by atoms with Gasteiger partial charge in [0.1, 0.15) is 11.4 Å². The first kappa shape index (κ1) is 16.9. The molecule has 0 amide bonds. The van der Waals surface area contributed by atoms with Crippen LogP contribution in [0.25, 0.3) is 11.6 Å². The number of aromatic nitrogens is 2. The zero-order valence-corrected chi connectivity index (χ0v) is 13.8. The Morgan fingerprint density at radius 3 is 2.78 bits per heavy atom. The van der Waals surface area contributed by atoms with Gasteiger partial charge in [-0.25, -0.2) is 9.78 Å². The summed E-state index contributed by atoms with van der Waals surface area (Å²) in [4.78, 5) is 16.4. The molecule has 1 aromatic heterocycles. The van der Waals surface area contributed by atoms with Gasteiger partial charge in [-0.3, -0.25) is 0 Å². The van der Waals surface area contributed by atoms with E-state index >= 15 is 0 Å². The van der Waals surface area contributed by atoms with Crippen LogP contribution in [0.5, 0.6) is 11.5 Å². The normalized spacial score (nSPS) is 11.4. The van der Waals surface area contributed by atoms with Gasteiger partial charge in [0.2, 0.25) is 0 Å². The fourth-order valence-corrected chi connectivity index (χ4v) is 2.27. The average Bonchev–Trinajstić information content (AvgIpc) is 2.94. The van der Waals surface area contributed by atoms with Crippen molar-refractivity contribution in [2.24, 2.45) is 7.05 Å². The van der Waals surface area contributed by atoms with E-state index in [1.165, 1.54) is 13.2 Å². The zero-order valence-electron chi connectivity index (χ0n) is 13.0. The third kappa shape index (κ3) is 3.65. The van der Waals surface area contributed by atoms with Crippen molar-refractivity contribution in [2.75, 3.05) is 13.7 Å². The summed E-state index contributed by atoms with van der Waals surface area (Å²) in [5.41, 5.74) is 0.860. The van der Waals surface area contributed by atoms with Gasteiger partial charge in [-0.2, -0.15) is 0 Å². The maximum atomic E-state index is 12.2. The third-order valence-corrected chi connectivity index (χ3v) is 3.43. The number of carbonyl (C=O) groups is 1. The first-order valence-electron chi connectivity index (χ1n) is 6.91. The van der Waals surface area contributed by atoms with Gasteiger partial charge in [-0.15, -0.1) is 0 Å². The van der Waals surface area contributed by atoms with Gasteiger partial charge in [-0.05, 0) is 30.7 Å². The number of carbonyl (C=O) groups excluding carboxylic acids is 1. The minimum Gasteiger partial charge on any atom is -0.503 e. The Bertz CT molecular complexity index is 753. The maximum absolute atomic E-state index is 12.2. The molecule has 0 aliphatic heterocycles. The van der Waals surface area contributed by atoms with E-state index in [4.69, 9.17) is 21.1 Å². The molecule has 6 nitrogen and oxygen atoms in total. The number of methoxy groups -OCH3 is 1. The molecule has 2 aromatic rings. The Labute approximate surface area is 138 Å². The van der Waals surface area contributed by atoms with E-state index in [-0.39, 0.29) is 28.7 Å². The molecule has 0 saturated heterocycles. The van der Waals surface area contributed by atoms with Gasteiger partial charge < -0.3 is 19.1 Å². The molecule has 0 saturated carbocycles. The van der Waals surface area contributed by atoms with Crippen molar-refractivity contribution in [3.8, 4) is 11.5 Å². The van der Waals surface area contributed by atoms with Crippen molar-refractivity contribution < 1.29 is 19.4 Å². The van der Waals surface area contributed by atoms with Crippen molar-refractivity contribution in [3.05, 3.63) is 40.9 Å². The quantitative estimate of drug-likeness (QED) is 0.671. The molecule has 122 valence electrons.